The average Bonchev–Trinajstić information content (AvgIpc) is 2.46. The molecule has 0 aliphatic carbocycles. The standard InChI is InChI=1S/C7H7N3O3/c11-6-2-1-5-3-7(10(12)13)8-9(5)4-6/h1-3,6,11H,4H2/t6-/m0/s1. The van der Waals surface area contributed by atoms with Gasteiger partial charge in [0.15, 0.2) is 0 Å². The van der Waals surface area contributed by atoms with E-state index in [1.165, 1.54) is 10.7 Å². The van der Waals surface area contributed by atoms with Crippen LogP contribution >= 0.6 is 0 Å². The van der Waals surface area contributed by atoms with E-state index in [1.807, 2.05) is 0 Å². The quantitative estimate of drug-likeness (QED) is 0.495. The van der Waals surface area contributed by atoms with Gasteiger partial charge in [-0.25, -0.2) is 0 Å². The number of aliphatic hydroxyl groups is 1. The van der Waals surface area contributed by atoms with Gasteiger partial charge in [-0.2, -0.15) is 4.68 Å². The molecule has 0 fully saturated rings. The van der Waals surface area contributed by atoms with Crippen molar-refractivity contribution in [3.05, 3.63) is 28.0 Å². The van der Waals surface area contributed by atoms with Crippen LogP contribution in [-0.2, 0) is 6.54 Å². The Bertz CT molecular complexity index is 382. The second kappa shape index (κ2) is 2.67. The topological polar surface area (TPSA) is 81.2 Å². The molecule has 1 N–H and O–H groups in total. The number of nitro groups is 1. The molecule has 0 radical (unpaired) electrons. The maximum absolute atomic E-state index is 10.3. The van der Waals surface area contributed by atoms with Gasteiger partial charge in [0.25, 0.3) is 0 Å². The van der Waals surface area contributed by atoms with Crippen molar-refractivity contribution in [2.45, 2.75) is 12.6 Å². The summed E-state index contributed by atoms with van der Waals surface area (Å²) in [5.41, 5.74) is 0.650. The van der Waals surface area contributed by atoms with Crippen LogP contribution in [0, 0.1) is 10.1 Å². The number of aliphatic hydroxyl groups excluding tert-OH is 1. The molecule has 0 spiro atoms. The van der Waals surface area contributed by atoms with Crippen LogP contribution in [0.1, 0.15) is 5.69 Å². The Hall–Kier alpha value is -1.69. The molecule has 1 aromatic rings. The molecule has 2 heterocycles. The van der Waals surface area contributed by atoms with Crippen molar-refractivity contribution in [3.8, 4) is 0 Å². The highest BCUT2D eigenvalue weighted by Crippen LogP contribution is 2.17. The summed E-state index contributed by atoms with van der Waals surface area (Å²) in [6, 6.07) is 1.38. The highest BCUT2D eigenvalue weighted by Gasteiger charge is 2.20. The normalized spacial score (nSPS) is 19.9. The zero-order valence-electron chi connectivity index (χ0n) is 6.62. The molecule has 0 amide bonds. The van der Waals surface area contributed by atoms with Gasteiger partial charge in [0, 0.05) is 0 Å². The molecule has 0 saturated carbocycles. The summed E-state index contributed by atoms with van der Waals surface area (Å²) in [7, 11) is 0. The van der Waals surface area contributed by atoms with Gasteiger partial charge in [-0.3, -0.25) is 0 Å². The summed E-state index contributed by atoms with van der Waals surface area (Å²) < 4.78 is 1.42. The highest BCUT2D eigenvalue weighted by atomic mass is 16.6. The Balaban J connectivity index is 2.41. The molecule has 6 nitrogen and oxygen atoms in total. The minimum Gasteiger partial charge on any atom is -0.387 e. The molecule has 1 atom stereocenters. The zero-order chi connectivity index (χ0) is 9.42. The van der Waals surface area contributed by atoms with Crippen LogP contribution in [0.4, 0.5) is 5.82 Å². The third-order valence-electron chi connectivity index (χ3n) is 1.83. The average molecular weight is 181 g/mol. The Labute approximate surface area is 73.3 Å². The molecule has 2 rings (SSSR count). The second-order valence-electron chi connectivity index (χ2n) is 2.79. The van der Waals surface area contributed by atoms with Gasteiger partial charge in [-0.05, 0) is 11.0 Å². The fraction of sp³-hybridized carbons (Fsp3) is 0.286. The molecule has 0 bridgehead atoms. The predicted octanol–water partition coefficient (Wildman–Crippen LogP) is 0.179. The van der Waals surface area contributed by atoms with Crippen molar-refractivity contribution < 1.29 is 10.0 Å². The van der Waals surface area contributed by atoms with E-state index in [1.54, 1.807) is 12.2 Å². The lowest BCUT2D eigenvalue weighted by atomic mass is 10.2. The van der Waals surface area contributed by atoms with E-state index in [-0.39, 0.29) is 12.4 Å². The molecule has 68 valence electrons. The third kappa shape index (κ3) is 1.31. The van der Waals surface area contributed by atoms with Crippen LogP contribution in [-0.4, -0.2) is 25.9 Å². The lowest BCUT2D eigenvalue weighted by Crippen LogP contribution is -2.18. The lowest BCUT2D eigenvalue weighted by molar-refractivity contribution is -0.389. The summed E-state index contributed by atoms with van der Waals surface area (Å²) in [4.78, 5) is 9.79. The van der Waals surface area contributed by atoms with Crippen molar-refractivity contribution in [2.75, 3.05) is 0 Å². The molecule has 1 aliphatic rings. The third-order valence-corrected chi connectivity index (χ3v) is 1.83. The van der Waals surface area contributed by atoms with Crippen molar-refractivity contribution in [3.63, 3.8) is 0 Å². The minimum absolute atomic E-state index is 0.186. The molecular formula is C7H7N3O3. The molecule has 6 heteroatoms. The van der Waals surface area contributed by atoms with Crippen LogP contribution in [0.15, 0.2) is 12.1 Å². The van der Waals surface area contributed by atoms with Crippen LogP contribution in [0.3, 0.4) is 0 Å². The van der Waals surface area contributed by atoms with Crippen LogP contribution < -0.4 is 0 Å². The monoisotopic (exact) mass is 181 g/mol. The predicted molar refractivity (Wildman–Crippen MR) is 43.9 cm³/mol. The number of aromatic nitrogens is 2. The van der Waals surface area contributed by atoms with E-state index in [9.17, 15) is 15.2 Å². The molecule has 1 aliphatic heterocycles. The zero-order valence-corrected chi connectivity index (χ0v) is 6.62. The summed E-state index contributed by atoms with van der Waals surface area (Å²) in [5, 5.41) is 23.2. The Morgan fingerprint density at radius 2 is 2.54 bits per heavy atom. The Morgan fingerprint density at radius 1 is 1.77 bits per heavy atom. The first-order valence-corrected chi connectivity index (χ1v) is 3.75. The number of hydrogen-bond acceptors (Lipinski definition) is 4. The van der Waals surface area contributed by atoms with Crippen LogP contribution in [0.5, 0.6) is 0 Å². The summed E-state index contributed by atoms with van der Waals surface area (Å²) >= 11 is 0. The second-order valence-corrected chi connectivity index (χ2v) is 2.79. The van der Waals surface area contributed by atoms with Crippen molar-refractivity contribution in [1.82, 2.24) is 9.78 Å². The summed E-state index contributed by atoms with van der Waals surface area (Å²) in [5.74, 6) is -0.186. The Morgan fingerprint density at radius 3 is 3.23 bits per heavy atom. The van der Waals surface area contributed by atoms with Gasteiger partial charge < -0.3 is 15.2 Å². The SMILES string of the molecule is O=[N+]([O-])c1cc2n(n1)C[C@@H](O)C=C2. The van der Waals surface area contributed by atoms with E-state index < -0.39 is 11.0 Å². The fourth-order valence-electron chi connectivity index (χ4n) is 1.23. The molecule has 0 unspecified atom stereocenters. The largest absolute Gasteiger partial charge is 0.390 e. The van der Waals surface area contributed by atoms with E-state index in [2.05, 4.69) is 5.10 Å². The molecular weight excluding hydrogens is 174 g/mol. The van der Waals surface area contributed by atoms with E-state index in [4.69, 9.17) is 0 Å². The van der Waals surface area contributed by atoms with E-state index >= 15 is 0 Å². The smallest absolute Gasteiger partial charge is 0.387 e. The fourth-order valence-corrected chi connectivity index (χ4v) is 1.23. The molecule has 1 aromatic heterocycles. The van der Waals surface area contributed by atoms with Crippen molar-refractivity contribution >= 4 is 11.9 Å². The van der Waals surface area contributed by atoms with Gasteiger partial charge in [-0.15, -0.1) is 0 Å². The van der Waals surface area contributed by atoms with Gasteiger partial charge in [-0.1, -0.05) is 6.08 Å². The maximum Gasteiger partial charge on any atom is 0.390 e. The number of rotatable bonds is 1. The first kappa shape index (κ1) is 7.93. The van der Waals surface area contributed by atoms with Crippen molar-refractivity contribution in [2.24, 2.45) is 0 Å². The van der Waals surface area contributed by atoms with Gasteiger partial charge >= 0.3 is 5.82 Å². The van der Waals surface area contributed by atoms with Gasteiger partial charge in [0.1, 0.15) is 0 Å². The van der Waals surface area contributed by atoms with Crippen LogP contribution in [0.25, 0.3) is 6.08 Å². The molecule has 13 heavy (non-hydrogen) atoms. The maximum atomic E-state index is 10.3. The van der Waals surface area contributed by atoms with E-state index in [0.29, 0.717) is 5.69 Å². The number of nitrogens with zero attached hydrogens (tertiary/aromatic N) is 3. The minimum atomic E-state index is -0.605. The number of fused-ring (bicyclic) bond motifs is 1. The molecule has 0 saturated heterocycles. The van der Waals surface area contributed by atoms with Gasteiger partial charge in [0.05, 0.1) is 29.5 Å². The first-order chi connectivity index (χ1) is 6.16. The summed E-state index contributed by atoms with van der Waals surface area (Å²) in [6.07, 6.45) is 2.60. The lowest BCUT2D eigenvalue weighted by Gasteiger charge is -2.08. The molecule has 0 aromatic carbocycles. The van der Waals surface area contributed by atoms with Crippen molar-refractivity contribution in [1.29, 1.82) is 0 Å². The Kier molecular flexibility index (Phi) is 1.63. The van der Waals surface area contributed by atoms with Crippen LogP contribution in [0.2, 0.25) is 0 Å². The first-order valence-electron chi connectivity index (χ1n) is 3.75. The highest BCUT2D eigenvalue weighted by molar-refractivity contribution is 5.50. The van der Waals surface area contributed by atoms with E-state index in [0.717, 1.165) is 0 Å². The van der Waals surface area contributed by atoms with Gasteiger partial charge in [0.2, 0.25) is 0 Å². The summed E-state index contributed by atoms with van der Waals surface area (Å²) in [6.45, 7) is 0.277. The number of hydrogen-bond donors (Lipinski definition) is 1.